The van der Waals surface area contributed by atoms with Gasteiger partial charge in [-0.05, 0) is 6.42 Å². The average molecular weight is 321 g/mol. The molecule has 0 unspecified atom stereocenters. The van der Waals surface area contributed by atoms with Gasteiger partial charge < -0.3 is 14.2 Å². The van der Waals surface area contributed by atoms with Gasteiger partial charge in [0.15, 0.2) is 0 Å². The van der Waals surface area contributed by atoms with E-state index in [1.165, 1.54) is 6.07 Å². The van der Waals surface area contributed by atoms with Crippen molar-refractivity contribution < 1.29 is 44.7 Å². The summed E-state index contributed by atoms with van der Waals surface area (Å²) < 4.78 is 41.3. The maximum atomic E-state index is 13.1. The Morgan fingerprint density at radius 1 is 1.00 bits per heavy atom. The van der Waals surface area contributed by atoms with Gasteiger partial charge in [-0.15, -0.1) is 18.2 Å². The van der Waals surface area contributed by atoms with Crippen molar-refractivity contribution in [3.8, 4) is 5.75 Å². The predicted molar refractivity (Wildman–Crippen MR) is 67.2 cm³/mol. The maximum absolute atomic E-state index is 13.1. The molecule has 0 aliphatic rings. The fraction of sp³-hybridized carbons (Fsp3) is 0.571. The van der Waals surface area contributed by atoms with E-state index in [1.807, 2.05) is 6.07 Å². The molecule has 1 aromatic carbocycles. The van der Waals surface area contributed by atoms with E-state index in [4.69, 9.17) is 14.2 Å². The van der Waals surface area contributed by atoms with E-state index in [0.717, 1.165) is 25.5 Å². The third-order valence-corrected chi connectivity index (χ3v) is 2.33. The van der Waals surface area contributed by atoms with Gasteiger partial charge in [-0.2, -0.15) is 0 Å². The summed E-state index contributed by atoms with van der Waals surface area (Å²) in [4.78, 5) is 0. The average Bonchev–Trinajstić information content (AvgIpc) is 2.39. The smallest absolute Gasteiger partial charge is 0.0949 e. The fourth-order valence-electron chi connectivity index (χ4n) is 1.32. The molecular weight excluding hydrogens is 302 g/mol. The first-order valence-electron chi connectivity index (χ1n) is 6.39. The summed E-state index contributed by atoms with van der Waals surface area (Å²) in [5.41, 5.74) is 0. The van der Waals surface area contributed by atoms with E-state index in [0.29, 0.717) is 19.8 Å². The molecule has 0 aliphatic carbocycles. The summed E-state index contributed by atoms with van der Waals surface area (Å²) in [6.07, 6.45) is 2.15. The van der Waals surface area contributed by atoms with Crippen LogP contribution in [-0.2, 0) is 31.2 Å². The number of rotatable bonds is 10. The summed E-state index contributed by atoms with van der Waals surface area (Å²) in [7, 11) is 0. The molecule has 3 nitrogen and oxygen atoms in total. The Bertz CT molecular complexity index is 364. The van der Waals surface area contributed by atoms with Gasteiger partial charge in [0.1, 0.15) is 0 Å². The summed E-state index contributed by atoms with van der Waals surface area (Å²) in [5, 5.41) is 0. The minimum Gasteiger partial charge on any atom is -0.546 e. The molecule has 0 aromatic heterocycles. The Kier molecular flexibility index (Phi) is 12.0. The number of hydrogen-bond donors (Lipinski definition) is 0. The van der Waals surface area contributed by atoms with Crippen LogP contribution in [0.1, 0.15) is 19.8 Å². The maximum Gasteiger partial charge on any atom is 0.0949 e. The zero-order valence-electron chi connectivity index (χ0n) is 11.6. The molecular formula is C14H19F2O3Ti-. The SMILES string of the molecule is CCCCOCCOCCOc1ccc(F)[c-]c1F.[Ti]. The molecule has 0 spiro atoms. The Morgan fingerprint density at radius 3 is 2.30 bits per heavy atom. The molecule has 0 fully saturated rings. The third kappa shape index (κ3) is 8.64. The molecule has 0 saturated carbocycles. The number of ether oxygens (including phenoxy) is 3. The first-order valence-corrected chi connectivity index (χ1v) is 6.39. The van der Waals surface area contributed by atoms with E-state index < -0.39 is 11.6 Å². The van der Waals surface area contributed by atoms with Crippen molar-refractivity contribution >= 4 is 0 Å². The van der Waals surface area contributed by atoms with Crippen molar-refractivity contribution in [2.45, 2.75) is 19.8 Å². The molecule has 0 aliphatic heterocycles. The molecule has 112 valence electrons. The Balaban J connectivity index is 0.00000361. The molecule has 0 atom stereocenters. The quantitative estimate of drug-likeness (QED) is 0.377. The van der Waals surface area contributed by atoms with Gasteiger partial charge in [-0.25, -0.2) is 8.78 Å². The Labute approximate surface area is 133 Å². The van der Waals surface area contributed by atoms with Crippen LogP contribution in [0.5, 0.6) is 5.75 Å². The Morgan fingerprint density at radius 2 is 1.65 bits per heavy atom. The van der Waals surface area contributed by atoms with Crippen LogP contribution in [0.2, 0.25) is 0 Å². The van der Waals surface area contributed by atoms with Crippen molar-refractivity contribution in [1.82, 2.24) is 0 Å². The van der Waals surface area contributed by atoms with Crippen molar-refractivity contribution in [3.63, 3.8) is 0 Å². The van der Waals surface area contributed by atoms with Gasteiger partial charge >= 0.3 is 0 Å². The normalized spacial score (nSPS) is 10.2. The molecule has 1 rings (SSSR count). The molecule has 6 heteroatoms. The van der Waals surface area contributed by atoms with Crippen LogP contribution in [0.15, 0.2) is 12.1 Å². The molecule has 0 saturated heterocycles. The minimum absolute atomic E-state index is 0. The van der Waals surface area contributed by atoms with Gasteiger partial charge in [-0.1, -0.05) is 13.3 Å². The minimum atomic E-state index is -0.831. The molecule has 1 aromatic rings. The third-order valence-electron chi connectivity index (χ3n) is 2.33. The van der Waals surface area contributed by atoms with Crippen LogP contribution >= 0.6 is 0 Å². The van der Waals surface area contributed by atoms with Crippen molar-refractivity contribution in [3.05, 3.63) is 29.8 Å². The van der Waals surface area contributed by atoms with E-state index in [1.54, 1.807) is 0 Å². The standard InChI is InChI=1S/C14H19F2O3.Ti/c1-2-3-6-17-7-8-18-9-10-19-14-5-4-12(15)11-13(14)16;/h4-5H,2-3,6-10H2,1H3;/q-1;. The number of halogens is 2. The number of hydrogen-bond acceptors (Lipinski definition) is 3. The zero-order valence-corrected chi connectivity index (χ0v) is 13.1. The van der Waals surface area contributed by atoms with E-state index in [-0.39, 0.29) is 34.1 Å². The van der Waals surface area contributed by atoms with Crippen LogP contribution in [0.25, 0.3) is 0 Å². The zero-order chi connectivity index (χ0) is 13.9. The van der Waals surface area contributed by atoms with Gasteiger partial charge in [-0.3, -0.25) is 0 Å². The van der Waals surface area contributed by atoms with Crippen LogP contribution in [0.3, 0.4) is 0 Å². The summed E-state index contributed by atoms with van der Waals surface area (Å²) in [5.74, 6) is -1.60. The van der Waals surface area contributed by atoms with Gasteiger partial charge in [0.25, 0.3) is 0 Å². The van der Waals surface area contributed by atoms with Gasteiger partial charge in [0, 0.05) is 39.9 Å². The topological polar surface area (TPSA) is 27.7 Å². The summed E-state index contributed by atoms with van der Waals surface area (Å²) in [6, 6.07) is 4.23. The summed E-state index contributed by atoms with van der Waals surface area (Å²) >= 11 is 0. The molecule has 0 radical (unpaired) electrons. The Hall–Kier alpha value is -0.486. The van der Waals surface area contributed by atoms with Crippen LogP contribution in [-0.4, -0.2) is 33.0 Å². The molecule has 20 heavy (non-hydrogen) atoms. The number of benzene rings is 1. The van der Waals surface area contributed by atoms with Gasteiger partial charge in [0.2, 0.25) is 0 Å². The largest absolute Gasteiger partial charge is 0.546 e. The second-order valence-electron chi connectivity index (χ2n) is 3.91. The number of unbranched alkanes of at least 4 members (excludes halogenated alkanes) is 1. The van der Waals surface area contributed by atoms with Crippen molar-refractivity contribution in [1.29, 1.82) is 0 Å². The monoisotopic (exact) mass is 321 g/mol. The van der Waals surface area contributed by atoms with Crippen molar-refractivity contribution in [2.24, 2.45) is 0 Å². The van der Waals surface area contributed by atoms with Crippen LogP contribution in [0.4, 0.5) is 8.78 Å². The van der Waals surface area contributed by atoms with Crippen LogP contribution in [0, 0.1) is 17.7 Å². The molecule has 0 heterocycles. The first kappa shape index (κ1) is 19.5. The second-order valence-corrected chi connectivity index (χ2v) is 3.91. The summed E-state index contributed by atoms with van der Waals surface area (Å²) in [6.45, 7) is 4.39. The first-order chi connectivity index (χ1) is 9.24. The van der Waals surface area contributed by atoms with Gasteiger partial charge in [0.05, 0.1) is 32.2 Å². The molecule has 0 bridgehead atoms. The van der Waals surface area contributed by atoms with Crippen LogP contribution < -0.4 is 4.74 Å². The predicted octanol–water partition coefficient (Wildman–Crippen LogP) is 2.97. The molecule has 0 N–H and O–H groups in total. The van der Waals surface area contributed by atoms with E-state index >= 15 is 0 Å². The van der Waals surface area contributed by atoms with E-state index in [2.05, 4.69) is 6.92 Å². The molecule has 0 amide bonds. The van der Waals surface area contributed by atoms with E-state index in [9.17, 15) is 8.78 Å². The second kappa shape index (κ2) is 12.3. The van der Waals surface area contributed by atoms with Crippen molar-refractivity contribution in [2.75, 3.05) is 33.0 Å². The fourth-order valence-corrected chi connectivity index (χ4v) is 1.32.